The minimum atomic E-state index is -2.19. The van der Waals surface area contributed by atoms with Crippen LogP contribution in [0.15, 0.2) is 0 Å². The highest BCUT2D eigenvalue weighted by Crippen LogP contribution is 2.12. The summed E-state index contributed by atoms with van der Waals surface area (Å²) in [5.74, 6) is 0. The number of hydrogen-bond donors (Lipinski definition) is 2. The van der Waals surface area contributed by atoms with Crippen LogP contribution in [-0.4, -0.2) is 22.1 Å². The topological polar surface area (TPSA) is 74.6 Å². The molecule has 6 heteroatoms. The maximum absolute atomic E-state index is 10.6. The first-order chi connectivity index (χ1) is 6.59. The molecule has 2 N–H and O–H groups in total. The van der Waals surface area contributed by atoms with Crippen LogP contribution < -0.4 is 0 Å². The number of rotatable bonds is 8. The molecule has 0 radical (unpaired) electrons. The lowest BCUT2D eigenvalue weighted by Crippen LogP contribution is -2.19. The van der Waals surface area contributed by atoms with Gasteiger partial charge in [0.05, 0.1) is 0 Å². The summed E-state index contributed by atoms with van der Waals surface area (Å²) < 4.78 is 37.6. The molecular weight excluding hydrogens is 224 g/mol. The molecule has 0 aromatic carbocycles. The van der Waals surface area contributed by atoms with Gasteiger partial charge in [0.25, 0.3) is 0 Å². The highest BCUT2D eigenvalue weighted by molar-refractivity contribution is 7.97. The zero-order valence-electron chi connectivity index (χ0n) is 8.35. The van der Waals surface area contributed by atoms with Crippen LogP contribution in [0.2, 0.25) is 0 Å². The zero-order valence-corrected chi connectivity index (χ0v) is 9.98. The minimum Gasteiger partial charge on any atom is -0.305 e. The Morgan fingerprint density at radius 3 is 1.93 bits per heavy atom. The molecule has 0 heterocycles. The van der Waals surface area contributed by atoms with E-state index in [2.05, 4.69) is 6.92 Å². The van der Waals surface area contributed by atoms with E-state index in [1.165, 1.54) is 0 Å². The molecule has 0 saturated heterocycles. The average Bonchev–Trinajstić information content (AvgIpc) is 2.09. The predicted octanol–water partition coefficient (Wildman–Crippen LogP) is 2.12. The van der Waals surface area contributed by atoms with Crippen LogP contribution in [0.1, 0.15) is 45.4 Å². The smallest absolute Gasteiger partial charge is 0.171 e. The van der Waals surface area contributed by atoms with Crippen molar-refractivity contribution in [3.05, 3.63) is 0 Å². The molecular formula is C8H18O4S2. The fraction of sp³-hybridized carbons (Fsp3) is 1.00. The third kappa shape index (κ3) is 6.64. The van der Waals surface area contributed by atoms with Crippen LogP contribution in [0, 0.1) is 0 Å². The van der Waals surface area contributed by atoms with E-state index >= 15 is 0 Å². The molecule has 0 aliphatic carbocycles. The largest absolute Gasteiger partial charge is 0.305 e. The lowest BCUT2D eigenvalue weighted by atomic mass is 10.1. The van der Waals surface area contributed by atoms with Gasteiger partial charge in [0, 0.05) is 0 Å². The molecule has 0 aliphatic rings. The van der Waals surface area contributed by atoms with Gasteiger partial charge in [-0.05, 0) is 6.42 Å². The third-order valence-corrected chi connectivity index (χ3v) is 4.35. The standard InChI is InChI=1S/C8H18O4S2/c1-2-3-4-5-6-7-8(13(9)10)14(11)12/h8H,2-7H2,1H3,(H,9,10)(H,11,12). The Bertz CT molecular complexity index is 182. The van der Waals surface area contributed by atoms with Crippen molar-refractivity contribution >= 4 is 22.2 Å². The van der Waals surface area contributed by atoms with Gasteiger partial charge in [0.2, 0.25) is 0 Å². The summed E-state index contributed by atoms with van der Waals surface area (Å²) in [6.45, 7) is 2.11. The first-order valence-electron chi connectivity index (χ1n) is 4.79. The summed E-state index contributed by atoms with van der Waals surface area (Å²) in [4.78, 5) is 0. The Kier molecular flexibility index (Phi) is 8.66. The quantitative estimate of drug-likeness (QED) is 0.505. The molecule has 0 aromatic rings. The van der Waals surface area contributed by atoms with Crippen molar-refractivity contribution in [2.45, 2.75) is 50.0 Å². The number of unbranched alkanes of at least 4 members (excludes halogenated alkanes) is 4. The highest BCUT2D eigenvalue weighted by atomic mass is 32.3. The van der Waals surface area contributed by atoms with Crippen LogP contribution >= 0.6 is 0 Å². The van der Waals surface area contributed by atoms with Crippen molar-refractivity contribution in [2.24, 2.45) is 0 Å². The molecule has 0 fully saturated rings. The molecule has 0 saturated carbocycles. The van der Waals surface area contributed by atoms with Gasteiger partial charge < -0.3 is 9.11 Å². The summed E-state index contributed by atoms with van der Waals surface area (Å²) >= 11 is -4.38. The van der Waals surface area contributed by atoms with E-state index in [4.69, 9.17) is 9.11 Å². The Labute approximate surface area is 90.0 Å². The molecule has 14 heavy (non-hydrogen) atoms. The Balaban J connectivity index is 3.62. The summed E-state index contributed by atoms with van der Waals surface area (Å²) in [5, 5.41) is 0. The molecule has 2 unspecified atom stereocenters. The first kappa shape index (κ1) is 14.2. The molecule has 2 atom stereocenters. The van der Waals surface area contributed by atoms with Gasteiger partial charge in [-0.2, -0.15) is 0 Å². The second-order valence-corrected chi connectivity index (χ2v) is 5.73. The predicted molar refractivity (Wildman–Crippen MR) is 58.7 cm³/mol. The molecule has 0 rings (SSSR count). The second kappa shape index (κ2) is 8.52. The summed E-state index contributed by atoms with van der Waals surface area (Å²) in [7, 11) is 0. The first-order valence-corrected chi connectivity index (χ1v) is 7.13. The van der Waals surface area contributed by atoms with Crippen LogP contribution in [0.5, 0.6) is 0 Å². The summed E-state index contributed by atoms with van der Waals surface area (Å²) in [6, 6.07) is 0. The van der Waals surface area contributed by atoms with Crippen molar-refractivity contribution in [1.82, 2.24) is 0 Å². The van der Waals surface area contributed by atoms with E-state index in [0.717, 1.165) is 32.1 Å². The lowest BCUT2D eigenvalue weighted by molar-refractivity contribution is 0.525. The van der Waals surface area contributed by atoms with Gasteiger partial charge in [-0.25, -0.2) is 8.42 Å². The normalized spacial score (nSPS) is 17.6. The van der Waals surface area contributed by atoms with Crippen LogP contribution in [0.3, 0.4) is 0 Å². The van der Waals surface area contributed by atoms with Crippen LogP contribution in [0.4, 0.5) is 0 Å². The fourth-order valence-corrected chi connectivity index (χ4v) is 2.49. The van der Waals surface area contributed by atoms with Gasteiger partial charge >= 0.3 is 0 Å². The monoisotopic (exact) mass is 242 g/mol. The molecule has 0 aromatic heterocycles. The Morgan fingerprint density at radius 2 is 1.50 bits per heavy atom. The maximum atomic E-state index is 10.6. The van der Waals surface area contributed by atoms with E-state index in [9.17, 15) is 8.42 Å². The lowest BCUT2D eigenvalue weighted by Gasteiger charge is -2.07. The molecule has 0 bridgehead atoms. The molecule has 4 nitrogen and oxygen atoms in total. The zero-order chi connectivity index (χ0) is 11.0. The van der Waals surface area contributed by atoms with Crippen molar-refractivity contribution in [2.75, 3.05) is 0 Å². The molecule has 0 spiro atoms. The Hall–Kier alpha value is 0.220. The van der Waals surface area contributed by atoms with Gasteiger partial charge in [-0.1, -0.05) is 39.0 Å². The van der Waals surface area contributed by atoms with Gasteiger partial charge in [0.15, 0.2) is 26.7 Å². The molecule has 0 aliphatic heterocycles. The van der Waals surface area contributed by atoms with Gasteiger partial charge in [-0.15, -0.1) is 0 Å². The second-order valence-electron chi connectivity index (χ2n) is 3.18. The third-order valence-electron chi connectivity index (χ3n) is 1.99. The summed E-state index contributed by atoms with van der Waals surface area (Å²) in [5.41, 5.74) is 0. The van der Waals surface area contributed by atoms with Crippen molar-refractivity contribution in [3.63, 3.8) is 0 Å². The number of hydrogen-bond acceptors (Lipinski definition) is 2. The van der Waals surface area contributed by atoms with E-state index in [1.807, 2.05) is 0 Å². The Morgan fingerprint density at radius 1 is 1.00 bits per heavy atom. The maximum Gasteiger partial charge on any atom is 0.171 e. The van der Waals surface area contributed by atoms with Crippen molar-refractivity contribution in [1.29, 1.82) is 0 Å². The highest BCUT2D eigenvalue weighted by Gasteiger charge is 2.20. The van der Waals surface area contributed by atoms with Crippen LogP contribution in [-0.2, 0) is 22.2 Å². The fourth-order valence-electron chi connectivity index (χ4n) is 1.19. The van der Waals surface area contributed by atoms with E-state index in [1.54, 1.807) is 0 Å². The van der Waals surface area contributed by atoms with Crippen molar-refractivity contribution in [3.8, 4) is 0 Å². The van der Waals surface area contributed by atoms with Crippen molar-refractivity contribution < 1.29 is 17.5 Å². The van der Waals surface area contributed by atoms with E-state index in [0.29, 0.717) is 6.42 Å². The average molecular weight is 242 g/mol. The minimum absolute atomic E-state index is 0.343. The summed E-state index contributed by atoms with van der Waals surface area (Å²) in [6.07, 6.45) is 5.41. The van der Waals surface area contributed by atoms with E-state index < -0.39 is 26.7 Å². The van der Waals surface area contributed by atoms with Gasteiger partial charge in [0.1, 0.15) is 0 Å². The molecule has 86 valence electrons. The van der Waals surface area contributed by atoms with Gasteiger partial charge in [-0.3, -0.25) is 0 Å². The SMILES string of the molecule is CCCCCCCC(S(=O)O)S(=O)O. The molecule has 0 amide bonds. The van der Waals surface area contributed by atoms with Crippen LogP contribution in [0.25, 0.3) is 0 Å². The van der Waals surface area contributed by atoms with E-state index in [-0.39, 0.29) is 0 Å².